The molecule has 0 saturated carbocycles. The third-order valence-electron chi connectivity index (χ3n) is 3.23. The van der Waals surface area contributed by atoms with Crippen molar-refractivity contribution in [2.75, 3.05) is 25.0 Å². The van der Waals surface area contributed by atoms with Gasteiger partial charge in [-0.05, 0) is 25.6 Å². The normalized spacial score (nSPS) is 12.0. The molecular formula is C15H25N5. The van der Waals surface area contributed by atoms with Gasteiger partial charge < -0.3 is 10.6 Å². The molecule has 2 rings (SSSR count). The molecule has 2 heterocycles. The van der Waals surface area contributed by atoms with Crippen LogP contribution in [0.25, 0.3) is 5.52 Å². The summed E-state index contributed by atoms with van der Waals surface area (Å²) >= 11 is 0. The Morgan fingerprint density at radius 1 is 1.25 bits per heavy atom. The first-order chi connectivity index (χ1) is 9.52. The molecule has 5 heteroatoms. The fourth-order valence-corrected chi connectivity index (χ4v) is 2.02. The fraction of sp³-hybridized carbons (Fsp3) is 0.600. The number of rotatable bonds is 6. The van der Waals surface area contributed by atoms with E-state index >= 15 is 0 Å². The lowest BCUT2D eigenvalue weighted by atomic mass is 9.92. The smallest absolute Gasteiger partial charge is 0.152 e. The van der Waals surface area contributed by atoms with Crippen LogP contribution in [0.3, 0.4) is 0 Å². The lowest BCUT2D eigenvalue weighted by Crippen LogP contribution is -2.17. The van der Waals surface area contributed by atoms with E-state index in [9.17, 15) is 0 Å². The molecule has 2 aromatic rings. The van der Waals surface area contributed by atoms with E-state index in [-0.39, 0.29) is 5.41 Å². The lowest BCUT2D eigenvalue weighted by Gasteiger charge is -2.13. The molecule has 0 amide bonds. The minimum Gasteiger partial charge on any atom is -0.368 e. The van der Waals surface area contributed by atoms with Gasteiger partial charge in [0, 0.05) is 24.4 Å². The highest BCUT2D eigenvalue weighted by Gasteiger charge is 2.18. The van der Waals surface area contributed by atoms with Crippen LogP contribution in [0.2, 0.25) is 0 Å². The van der Waals surface area contributed by atoms with E-state index in [1.807, 2.05) is 10.7 Å². The predicted octanol–water partition coefficient (Wildman–Crippen LogP) is 2.44. The fourth-order valence-electron chi connectivity index (χ4n) is 2.02. The Morgan fingerprint density at radius 2 is 2.05 bits per heavy atom. The Hall–Kier alpha value is -1.62. The van der Waals surface area contributed by atoms with Crippen LogP contribution < -0.4 is 10.6 Å². The van der Waals surface area contributed by atoms with Gasteiger partial charge in [0.25, 0.3) is 0 Å². The van der Waals surface area contributed by atoms with Crippen LogP contribution in [-0.4, -0.2) is 34.2 Å². The van der Waals surface area contributed by atoms with Gasteiger partial charge in [-0.2, -0.15) is 5.10 Å². The quantitative estimate of drug-likeness (QED) is 0.795. The van der Waals surface area contributed by atoms with Gasteiger partial charge in [0.2, 0.25) is 0 Å². The van der Waals surface area contributed by atoms with Crippen LogP contribution in [0.4, 0.5) is 5.82 Å². The number of aromatic nitrogens is 3. The van der Waals surface area contributed by atoms with Crippen LogP contribution in [0.5, 0.6) is 0 Å². The summed E-state index contributed by atoms with van der Waals surface area (Å²) in [5.74, 6) is 0.909. The zero-order valence-corrected chi connectivity index (χ0v) is 12.9. The maximum atomic E-state index is 4.63. The summed E-state index contributed by atoms with van der Waals surface area (Å²) in [5.41, 5.74) is 2.18. The van der Waals surface area contributed by atoms with Gasteiger partial charge in [-0.3, -0.25) is 0 Å². The molecule has 110 valence electrons. The monoisotopic (exact) mass is 275 g/mol. The lowest BCUT2D eigenvalue weighted by molar-refractivity contribution is 0.562. The molecule has 0 atom stereocenters. The van der Waals surface area contributed by atoms with Crippen LogP contribution in [0.15, 0.2) is 18.5 Å². The molecule has 0 aromatic carbocycles. The predicted molar refractivity (Wildman–Crippen MR) is 83.3 cm³/mol. The molecule has 5 nitrogen and oxygen atoms in total. The molecule has 0 bridgehead atoms. The first-order valence-electron chi connectivity index (χ1n) is 7.32. The van der Waals surface area contributed by atoms with Gasteiger partial charge in [0.1, 0.15) is 5.52 Å². The summed E-state index contributed by atoms with van der Waals surface area (Å²) < 4.78 is 1.90. The van der Waals surface area contributed by atoms with E-state index < -0.39 is 0 Å². The number of hydrogen-bond donors (Lipinski definition) is 2. The minimum atomic E-state index is 0.0499. The van der Waals surface area contributed by atoms with Crippen molar-refractivity contribution in [3.63, 3.8) is 0 Å². The first-order valence-corrected chi connectivity index (χ1v) is 7.32. The summed E-state index contributed by atoms with van der Waals surface area (Å²) in [4.78, 5) is 4.43. The summed E-state index contributed by atoms with van der Waals surface area (Å²) in [6.07, 6.45) is 4.77. The average Bonchev–Trinajstić information content (AvgIpc) is 2.83. The summed E-state index contributed by atoms with van der Waals surface area (Å²) in [7, 11) is 0. The Kier molecular flexibility index (Phi) is 4.60. The Labute approximate surface area is 120 Å². The maximum absolute atomic E-state index is 4.63. The van der Waals surface area contributed by atoms with Crippen molar-refractivity contribution >= 4 is 11.3 Å². The number of anilines is 1. The topological polar surface area (TPSA) is 54.2 Å². The molecule has 20 heavy (non-hydrogen) atoms. The molecule has 0 spiro atoms. The van der Waals surface area contributed by atoms with Gasteiger partial charge in [0.15, 0.2) is 5.82 Å². The Bertz CT molecular complexity index is 553. The molecule has 0 saturated heterocycles. The molecule has 0 radical (unpaired) electrons. The van der Waals surface area contributed by atoms with Gasteiger partial charge >= 0.3 is 0 Å². The van der Waals surface area contributed by atoms with E-state index in [1.165, 1.54) is 0 Å². The minimum absolute atomic E-state index is 0.0499. The van der Waals surface area contributed by atoms with Crippen LogP contribution >= 0.6 is 0 Å². The highest BCUT2D eigenvalue weighted by molar-refractivity contribution is 5.68. The maximum Gasteiger partial charge on any atom is 0.152 e. The SMILES string of the molecule is CCNCCCNc1nccn2nc(C(C)(C)C)cc12. The van der Waals surface area contributed by atoms with Crippen molar-refractivity contribution in [3.05, 3.63) is 24.2 Å². The van der Waals surface area contributed by atoms with E-state index in [4.69, 9.17) is 0 Å². The molecule has 0 aliphatic carbocycles. The third-order valence-corrected chi connectivity index (χ3v) is 3.23. The van der Waals surface area contributed by atoms with E-state index in [0.717, 1.165) is 43.1 Å². The molecule has 2 N–H and O–H groups in total. The second-order valence-electron chi connectivity index (χ2n) is 6.02. The zero-order valence-electron chi connectivity index (χ0n) is 12.9. The van der Waals surface area contributed by atoms with Crippen molar-refractivity contribution in [2.45, 2.75) is 39.5 Å². The van der Waals surface area contributed by atoms with E-state index in [1.54, 1.807) is 6.20 Å². The number of nitrogens with zero attached hydrogens (tertiary/aromatic N) is 3. The largest absolute Gasteiger partial charge is 0.368 e. The number of fused-ring (bicyclic) bond motifs is 1. The number of nitrogens with one attached hydrogen (secondary N) is 2. The molecule has 0 unspecified atom stereocenters. The van der Waals surface area contributed by atoms with Gasteiger partial charge in [-0.15, -0.1) is 0 Å². The second kappa shape index (κ2) is 6.22. The highest BCUT2D eigenvalue weighted by atomic mass is 15.2. The van der Waals surface area contributed by atoms with Crippen molar-refractivity contribution in [1.29, 1.82) is 0 Å². The summed E-state index contributed by atoms with van der Waals surface area (Å²) in [5, 5.41) is 11.3. The summed E-state index contributed by atoms with van der Waals surface area (Å²) in [6.45, 7) is 11.6. The first kappa shape index (κ1) is 14.8. The van der Waals surface area contributed by atoms with Crippen molar-refractivity contribution in [2.24, 2.45) is 0 Å². The van der Waals surface area contributed by atoms with Gasteiger partial charge in [-0.25, -0.2) is 9.50 Å². The van der Waals surface area contributed by atoms with Crippen LogP contribution in [0, 0.1) is 0 Å². The molecule has 0 fully saturated rings. The average molecular weight is 275 g/mol. The van der Waals surface area contributed by atoms with Crippen LogP contribution in [-0.2, 0) is 5.41 Å². The van der Waals surface area contributed by atoms with Gasteiger partial charge in [-0.1, -0.05) is 27.7 Å². The molecule has 0 aliphatic heterocycles. The second-order valence-corrected chi connectivity index (χ2v) is 6.02. The standard InChI is InChI=1S/C15H25N5/c1-5-16-7-6-8-17-14-12-11-13(15(2,3)4)19-20(12)10-9-18-14/h9-11,16H,5-8H2,1-4H3,(H,17,18). The number of hydrogen-bond acceptors (Lipinski definition) is 4. The third kappa shape index (κ3) is 3.48. The van der Waals surface area contributed by atoms with Crippen molar-refractivity contribution < 1.29 is 0 Å². The molecular weight excluding hydrogens is 250 g/mol. The Balaban J connectivity index is 2.11. The van der Waals surface area contributed by atoms with Crippen molar-refractivity contribution in [3.8, 4) is 0 Å². The zero-order chi connectivity index (χ0) is 14.6. The van der Waals surface area contributed by atoms with Crippen molar-refractivity contribution in [1.82, 2.24) is 19.9 Å². The van der Waals surface area contributed by atoms with Crippen LogP contribution in [0.1, 0.15) is 39.8 Å². The Morgan fingerprint density at radius 3 is 2.75 bits per heavy atom. The van der Waals surface area contributed by atoms with Gasteiger partial charge in [0.05, 0.1) is 5.69 Å². The summed E-state index contributed by atoms with van der Waals surface area (Å²) in [6, 6.07) is 2.12. The van der Waals surface area contributed by atoms with E-state index in [2.05, 4.69) is 54.5 Å². The molecule has 0 aliphatic rings. The van der Waals surface area contributed by atoms with E-state index in [0.29, 0.717) is 0 Å². The molecule has 2 aromatic heterocycles. The highest BCUT2D eigenvalue weighted by Crippen LogP contribution is 2.24.